The van der Waals surface area contributed by atoms with Gasteiger partial charge in [0.1, 0.15) is 46.3 Å². The Labute approximate surface area is 290 Å². The van der Waals surface area contributed by atoms with E-state index in [-0.39, 0.29) is 31.7 Å². The highest BCUT2D eigenvalue weighted by atomic mass is 32.1. The van der Waals surface area contributed by atoms with Gasteiger partial charge in [-0.2, -0.15) is 9.90 Å². The van der Waals surface area contributed by atoms with Crippen LogP contribution in [0.5, 0.6) is 5.75 Å². The van der Waals surface area contributed by atoms with Crippen LogP contribution in [0.3, 0.4) is 0 Å². The molecule has 2 fully saturated rings. The van der Waals surface area contributed by atoms with Crippen LogP contribution in [-0.4, -0.2) is 103 Å². The lowest BCUT2D eigenvalue weighted by Gasteiger charge is -2.29. The molecule has 0 bridgehead atoms. The van der Waals surface area contributed by atoms with Gasteiger partial charge in [0.15, 0.2) is 0 Å². The number of amides is 4. The average Bonchev–Trinajstić information content (AvgIpc) is 3.56. The summed E-state index contributed by atoms with van der Waals surface area (Å²) in [6.45, 7) is -0.652. The third kappa shape index (κ3) is 7.31. The highest BCUT2D eigenvalue weighted by Crippen LogP contribution is 2.45. The van der Waals surface area contributed by atoms with Gasteiger partial charge >= 0.3 is 18.0 Å². The largest absolute Gasteiger partial charge is 0.497 e. The van der Waals surface area contributed by atoms with Crippen molar-refractivity contribution in [2.45, 2.75) is 68.6 Å². The molecule has 4 amide bonds. The second-order valence-corrected chi connectivity index (χ2v) is 13.5. The molecule has 50 heavy (non-hydrogen) atoms. The van der Waals surface area contributed by atoms with Crippen molar-refractivity contribution in [2.75, 3.05) is 20.2 Å². The number of hydrogen-bond donors (Lipinski definition) is 5. The van der Waals surface area contributed by atoms with Crippen molar-refractivity contribution < 1.29 is 38.9 Å². The summed E-state index contributed by atoms with van der Waals surface area (Å²) in [4.78, 5) is 71.7. The van der Waals surface area contributed by atoms with Gasteiger partial charge < -0.3 is 35.8 Å². The smallest absolute Gasteiger partial charge is 0.330 e. The molecule has 2 aliphatic heterocycles. The van der Waals surface area contributed by atoms with E-state index in [4.69, 9.17) is 20.0 Å². The van der Waals surface area contributed by atoms with E-state index in [0.717, 1.165) is 18.4 Å². The number of thiazole rings is 1. The molecule has 3 aromatic rings. The molecule has 2 aromatic heterocycles. The Bertz CT molecular complexity index is 1780. The lowest BCUT2D eigenvalue weighted by atomic mass is 10.0. The van der Waals surface area contributed by atoms with Crippen LogP contribution in [0.25, 0.3) is 22.0 Å². The number of carboxylic acid groups (broad SMARTS) is 2. The number of aliphatic carboxylic acids is 2. The molecule has 1 saturated carbocycles. The first-order valence-corrected chi connectivity index (χ1v) is 17.3. The number of nitrogens with one attached hydrogen (secondary N) is 3. The van der Waals surface area contributed by atoms with Crippen LogP contribution in [0.1, 0.15) is 51.0 Å². The predicted octanol–water partition coefficient (Wildman–Crippen LogP) is 2.45. The fourth-order valence-corrected chi connectivity index (χ4v) is 7.14. The Morgan fingerprint density at radius 2 is 1.88 bits per heavy atom. The standard InChI is InChI=1S/C33H38N8O8S/c1-49-22-11-9-19(10-12-22)26-27(29-34-13-14-50-29)39-41(38-26)21-15-24-28(44)37-33(31(46)47)16-20(33)7-5-3-2-4-6-8-23(30(45)40(24)18-21)36-32(48)35-17-25(42)43/h5,7,9-14,20-21,23-24H,2-4,6,8,15-18H2,1H3,(H,37,44)(H,42,43)(H,46,47)(H2,35,36,48)/b7-5-/t20-,21-,23+,24+,33-/m1/s1. The van der Waals surface area contributed by atoms with Crippen LogP contribution in [0.2, 0.25) is 0 Å². The molecule has 6 rings (SSSR count). The highest BCUT2D eigenvalue weighted by molar-refractivity contribution is 7.13. The number of benzene rings is 1. The Hall–Kier alpha value is -5.32. The number of ether oxygens (including phenoxy) is 1. The van der Waals surface area contributed by atoms with Gasteiger partial charge in [0.05, 0.1) is 13.2 Å². The van der Waals surface area contributed by atoms with Crippen LogP contribution >= 0.6 is 11.3 Å². The fourth-order valence-electron chi connectivity index (χ4n) is 6.52. The van der Waals surface area contributed by atoms with Crippen LogP contribution in [0.15, 0.2) is 48.0 Å². The third-order valence-corrected chi connectivity index (χ3v) is 10.1. The molecule has 5 N–H and O–H groups in total. The van der Waals surface area contributed by atoms with Gasteiger partial charge in [0.2, 0.25) is 11.8 Å². The zero-order valence-electron chi connectivity index (χ0n) is 27.3. The van der Waals surface area contributed by atoms with E-state index in [0.29, 0.717) is 35.0 Å². The molecule has 17 heteroatoms. The lowest BCUT2D eigenvalue weighted by molar-refractivity contribution is -0.145. The number of methoxy groups -OCH3 is 1. The van der Waals surface area contributed by atoms with Crippen LogP contribution < -0.4 is 20.7 Å². The topological polar surface area (TPSA) is 218 Å². The fraction of sp³-hybridized carbons (Fsp3) is 0.455. The third-order valence-electron chi connectivity index (χ3n) is 9.30. The second kappa shape index (κ2) is 14.7. The number of nitrogens with zero attached hydrogens (tertiary/aromatic N) is 5. The summed E-state index contributed by atoms with van der Waals surface area (Å²) >= 11 is 1.38. The van der Waals surface area contributed by atoms with Crippen LogP contribution in [-0.2, 0) is 19.2 Å². The van der Waals surface area contributed by atoms with Gasteiger partial charge in [-0.1, -0.05) is 25.0 Å². The first-order chi connectivity index (χ1) is 24.1. The minimum absolute atomic E-state index is 0.0106. The van der Waals surface area contributed by atoms with E-state index in [9.17, 15) is 29.1 Å². The van der Waals surface area contributed by atoms with Crippen LogP contribution in [0.4, 0.5) is 4.79 Å². The molecule has 3 aliphatic rings. The summed E-state index contributed by atoms with van der Waals surface area (Å²) in [5.41, 5.74) is 0.308. The maximum Gasteiger partial charge on any atom is 0.330 e. The number of hydrogen-bond acceptors (Lipinski definition) is 10. The van der Waals surface area contributed by atoms with Crippen molar-refractivity contribution in [3.05, 3.63) is 48.0 Å². The van der Waals surface area contributed by atoms with E-state index in [1.54, 1.807) is 25.4 Å². The number of aromatic nitrogens is 4. The minimum atomic E-state index is -1.49. The summed E-state index contributed by atoms with van der Waals surface area (Å²) in [6, 6.07) is 3.67. The normalized spacial score (nSPS) is 26.0. The van der Waals surface area contributed by atoms with Crippen molar-refractivity contribution in [1.29, 1.82) is 0 Å². The van der Waals surface area contributed by atoms with E-state index in [1.807, 2.05) is 29.7 Å². The van der Waals surface area contributed by atoms with E-state index >= 15 is 0 Å². The van der Waals surface area contributed by atoms with Crippen molar-refractivity contribution in [2.24, 2.45) is 5.92 Å². The van der Waals surface area contributed by atoms with Gasteiger partial charge in [-0.25, -0.2) is 14.6 Å². The number of carboxylic acids is 2. The first-order valence-electron chi connectivity index (χ1n) is 16.4. The second-order valence-electron chi connectivity index (χ2n) is 12.6. The predicted molar refractivity (Wildman–Crippen MR) is 179 cm³/mol. The van der Waals surface area contributed by atoms with Crippen molar-refractivity contribution >= 4 is 41.1 Å². The number of fused-ring (bicyclic) bond motifs is 2. The first kappa shape index (κ1) is 34.5. The molecule has 0 radical (unpaired) electrons. The molecular formula is C33H38N8O8S. The van der Waals surface area contributed by atoms with Gasteiger partial charge in [-0.3, -0.25) is 14.4 Å². The van der Waals surface area contributed by atoms with Gasteiger partial charge in [-0.15, -0.1) is 16.4 Å². The minimum Gasteiger partial charge on any atom is -0.497 e. The molecular weight excluding hydrogens is 668 g/mol. The number of allylic oxidation sites excluding steroid dienone is 1. The zero-order valence-corrected chi connectivity index (χ0v) is 28.1. The average molecular weight is 707 g/mol. The molecule has 1 aliphatic carbocycles. The summed E-state index contributed by atoms with van der Waals surface area (Å²) < 4.78 is 5.31. The quantitative estimate of drug-likeness (QED) is 0.214. The monoisotopic (exact) mass is 706 g/mol. The SMILES string of the molecule is COc1ccc(-c2nn([C@@H]3C[C@H]4C(=O)N[C@]5(C(=O)O)C[C@H]5/C=C\CCCCC[C@H](NC(=O)NCC(=O)O)C(=O)N4C3)nc2-c2nccs2)cc1. The van der Waals surface area contributed by atoms with Gasteiger partial charge in [-0.05, 0) is 49.9 Å². The summed E-state index contributed by atoms with van der Waals surface area (Å²) in [6.07, 6.45) is 8.73. The summed E-state index contributed by atoms with van der Waals surface area (Å²) in [7, 11) is 1.57. The molecule has 264 valence electrons. The zero-order chi connectivity index (χ0) is 35.4. The Kier molecular flexibility index (Phi) is 10.1. The number of carbonyl (C=O) groups is 5. The van der Waals surface area contributed by atoms with Gasteiger partial charge in [0.25, 0.3) is 0 Å². The highest BCUT2D eigenvalue weighted by Gasteiger charge is 2.61. The molecule has 0 unspecified atom stereocenters. The lowest BCUT2D eigenvalue weighted by Crippen LogP contribution is -2.57. The molecule has 4 heterocycles. The Morgan fingerprint density at radius 1 is 1.10 bits per heavy atom. The van der Waals surface area contributed by atoms with Gasteiger partial charge in [0, 0.05) is 36.0 Å². The van der Waals surface area contributed by atoms with Crippen LogP contribution in [0, 0.1) is 5.92 Å². The van der Waals surface area contributed by atoms with Crippen molar-refractivity contribution in [1.82, 2.24) is 40.8 Å². The molecule has 16 nitrogen and oxygen atoms in total. The van der Waals surface area contributed by atoms with Crippen molar-refractivity contribution in [3.8, 4) is 27.7 Å². The molecule has 1 saturated heterocycles. The molecule has 1 aromatic carbocycles. The number of rotatable bonds is 8. The maximum absolute atomic E-state index is 14.3. The van der Waals surface area contributed by atoms with E-state index in [2.05, 4.69) is 20.9 Å². The summed E-state index contributed by atoms with van der Waals surface area (Å²) in [5, 5.41) is 38.8. The number of carbonyl (C=O) groups excluding carboxylic acids is 3. The van der Waals surface area contributed by atoms with Crippen molar-refractivity contribution in [3.63, 3.8) is 0 Å². The Balaban J connectivity index is 1.35. The molecule has 5 atom stereocenters. The summed E-state index contributed by atoms with van der Waals surface area (Å²) in [5.74, 6) is -3.31. The number of urea groups is 1. The van der Waals surface area contributed by atoms with E-state index < -0.39 is 60.0 Å². The molecule has 0 spiro atoms. The maximum atomic E-state index is 14.3. The van der Waals surface area contributed by atoms with E-state index in [1.165, 1.54) is 21.0 Å². The Morgan fingerprint density at radius 3 is 2.58 bits per heavy atom.